The molecule has 2 atom stereocenters. The topological polar surface area (TPSA) is 123 Å². The van der Waals surface area contributed by atoms with Crippen LogP contribution in [0.2, 0.25) is 0 Å². The van der Waals surface area contributed by atoms with E-state index in [0.717, 1.165) is 10.8 Å². The lowest BCUT2D eigenvalue weighted by molar-refractivity contribution is -0.111. The summed E-state index contributed by atoms with van der Waals surface area (Å²) in [6, 6.07) is 27.4. The number of benzene rings is 4. The van der Waals surface area contributed by atoms with Gasteiger partial charge in [0.05, 0.1) is 23.7 Å². The molecule has 4 aromatic carbocycles. The van der Waals surface area contributed by atoms with Gasteiger partial charge in [-0.05, 0) is 47.4 Å². The lowest BCUT2D eigenvalue weighted by Gasteiger charge is -2.23. The summed E-state index contributed by atoms with van der Waals surface area (Å²) in [5.41, 5.74) is 8.18. The first-order valence-electron chi connectivity index (χ1n) is 12.6. The Hall–Kier alpha value is -4.82. The number of nitrogens with one attached hydrogen (secondary N) is 2. The van der Waals surface area contributed by atoms with Crippen LogP contribution < -0.4 is 21.1 Å². The molecular formula is C31H31N3O5. The standard InChI is InChI=1S/C31H31N3O5/c1-21(16-17-29(36)33-28-14-5-4-13-26(28)32)30(23-10-6-11-24(20-23)38-19-18-35)39-31(37)34-27-15-7-9-22-8-2-3-12-25(22)27/h2-17,20-21,30,35H,18-19,32H2,1H3,(H,33,36)(H,34,37)/b17-16+/t21-,30-/m0/s1. The number of ether oxygens (including phenoxy) is 2. The number of nitrogens with two attached hydrogens (primary N) is 1. The predicted molar refractivity (Wildman–Crippen MR) is 154 cm³/mol. The average molecular weight is 526 g/mol. The van der Waals surface area contributed by atoms with Gasteiger partial charge in [0, 0.05) is 11.3 Å². The van der Waals surface area contributed by atoms with Crippen molar-refractivity contribution in [2.75, 3.05) is 29.6 Å². The number of fused-ring (bicyclic) bond motifs is 1. The van der Waals surface area contributed by atoms with Crippen LogP contribution in [0, 0.1) is 5.92 Å². The van der Waals surface area contributed by atoms with E-state index in [4.69, 9.17) is 20.3 Å². The number of para-hydroxylation sites is 2. The summed E-state index contributed by atoms with van der Waals surface area (Å²) >= 11 is 0. The average Bonchev–Trinajstić information content (AvgIpc) is 2.95. The SMILES string of the molecule is C[C@@H](/C=C/C(=O)Nc1ccccc1N)[C@H](OC(=O)Nc1cccc2ccccc12)c1cccc(OCCO)c1. The van der Waals surface area contributed by atoms with Crippen molar-refractivity contribution in [3.63, 3.8) is 0 Å². The molecule has 0 saturated heterocycles. The lowest BCUT2D eigenvalue weighted by Crippen LogP contribution is -2.21. The van der Waals surface area contributed by atoms with Gasteiger partial charge < -0.3 is 25.6 Å². The van der Waals surface area contributed by atoms with Gasteiger partial charge in [-0.15, -0.1) is 0 Å². The molecule has 0 aliphatic carbocycles. The maximum Gasteiger partial charge on any atom is 0.412 e. The van der Waals surface area contributed by atoms with Crippen LogP contribution in [0.1, 0.15) is 18.6 Å². The zero-order valence-electron chi connectivity index (χ0n) is 21.5. The highest BCUT2D eigenvalue weighted by Gasteiger charge is 2.23. The number of hydrogen-bond donors (Lipinski definition) is 4. The monoisotopic (exact) mass is 525 g/mol. The Morgan fingerprint density at radius 3 is 2.46 bits per heavy atom. The molecule has 39 heavy (non-hydrogen) atoms. The molecule has 0 unspecified atom stereocenters. The van der Waals surface area contributed by atoms with Crippen LogP contribution in [0.25, 0.3) is 10.8 Å². The molecule has 5 N–H and O–H groups in total. The third kappa shape index (κ3) is 7.37. The van der Waals surface area contributed by atoms with Crippen LogP contribution in [0.15, 0.2) is 103 Å². The number of nitrogen functional groups attached to an aromatic ring is 1. The summed E-state index contributed by atoms with van der Waals surface area (Å²) in [6.07, 6.45) is 1.68. The minimum absolute atomic E-state index is 0.127. The van der Waals surface area contributed by atoms with Gasteiger partial charge in [-0.25, -0.2) is 4.79 Å². The smallest absolute Gasteiger partial charge is 0.412 e. The van der Waals surface area contributed by atoms with Gasteiger partial charge >= 0.3 is 6.09 Å². The Balaban J connectivity index is 1.54. The van der Waals surface area contributed by atoms with E-state index < -0.39 is 18.1 Å². The number of aliphatic hydroxyl groups is 1. The molecule has 200 valence electrons. The van der Waals surface area contributed by atoms with Crippen LogP contribution in [0.4, 0.5) is 21.9 Å². The van der Waals surface area contributed by atoms with Crippen molar-refractivity contribution in [3.05, 3.63) is 109 Å². The van der Waals surface area contributed by atoms with Crippen molar-refractivity contribution in [1.29, 1.82) is 0 Å². The minimum Gasteiger partial charge on any atom is -0.491 e. The summed E-state index contributed by atoms with van der Waals surface area (Å²) in [7, 11) is 0. The summed E-state index contributed by atoms with van der Waals surface area (Å²) in [6.45, 7) is 1.85. The van der Waals surface area contributed by atoms with Gasteiger partial charge in [0.1, 0.15) is 18.5 Å². The fraction of sp³-hybridized carbons (Fsp3) is 0.161. The van der Waals surface area contributed by atoms with Crippen LogP contribution in [-0.2, 0) is 9.53 Å². The van der Waals surface area contributed by atoms with E-state index >= 15 is 0 Å². The van der Waals surface area contributed by atoms with Crippen LogP contribution in [0.5, 0.6) is 5.75 Å². The molecule has 0 saturated carbocycles. The van der Waals surface area contributed by atoms with Gasteiger partial charge in [0.25, 0.3) is 0 Å². The Bertz CT molecular complexity index is 1460. The second kappa shape index (κ2) is 13.1. The molecule has 8 heteroatoms. The van der Waals surface area contributed by atoms with Gasteiger partial charge in [0.2, 0.25) is 5.91 Å². The normalized spacial score (nSPS) is 12.6. The molecule has 0 aromatic heterocycles. The molecule has 0 bridgehead atoms. The first-order chi connectivity index (χ1) is 18.9. The van der Waals surface area contributed by atoms with E-state index in [0.29, 0.717) is 28.4 Å². The summed E-state index contributed by atoms with van der Waals surface area (Å²) < 4.78 is 11.5. The number of hydrogen-bond acceptors (Lipinski definition) is 6. The third-order valence-electron chi connectivity index (χ3n) is 6.05. The number of anilines is 3. The highest BCUT2D eigenvalue weighted by Crippen LogP contribution is 2.31. The van der Waals surface area contributed by atoms with Gasteiger partial charge in [0.15, 0.2) is 0 Å². The van der Waals surface area contributed by atoms with Crippen molar-refractivity contribution in [2.45, 2.75) is 13.0 Å². The molecule has 0 fully saturated rings. The molecule has 0 heterocycles. The van der Waals surface area contributed by atoms with E-state index in [1.165, 1.54) is 6.08 Å². The second-order valence-electron chi connectivity index (χ2n) is 8.92. The van der Waals surface area contributed by atoms with E-state index in [9.17, 15) is 9.59 Å². The molecule has 8 nitrogen and oxygen atoms in total. The van der Waals surface area contributed by atoms with E-state index in [1.807, 2.05) is 55.5 Å². The summed E-state index contributed by atoms with van der Waals surface area (Å²) in [4.78, 5) is 25.7. The van der Waals surface area contributed by atoms with Crippen molar-refractivity contribution in [2.24, 2.45) is 5.92 Å². The predicted octanol–water partition coefficient (Wildman–Crippen LogP) is 5.91. The number of rotatable bonds is 10. The number of carbonyl (C=O) groups is 2. The summed E-state index contributed by atoms with van der Waals surface area (Å²) in [5.74, 6) is -0.230. The number of carbonyl (C=O) groups excluding carboxylic acids is 2. The van der Waals surface area contributed by atoms with Gasteiger partial charge in [-0.3, -0.25) is 10.1 Å². The van der Waals surface area contributed by atoms with Crippen LogP contribution in [0.3, 0.4) is 0 Å². The van der Waals surface area contributed by atoms with E-state index in [1.54, 1.807) is 48.5 Å². The van der Waals surface area contributed by atoms with Gasteiger partial charge in [-0.2, -0.15) is 0 Å². The van der Waals surface area contributed by atoms with Crippen LogP contribution in [-0.4, -0.2) is 30.3 Å². The fourth-order valence-corrected chi connectivity index (χ4v) is 4.14. The third-order valence-corrected chi connectivity index (χ3v) is 6.05. The molecule has 4 aromatic rings. The number of amides is 2. The second-order valence-corrected chi connectivity index (χ2v) is 8.92. The maximum absolute atomic E-state index is 13.1. The van der Waals surface area contributed by atoms with Crippen molar-refractivity contribution < 1.29 is 24.2 Å². The van der Waals surface area contributed by atoms with Crippen molar-refractivity contribution in [3.8, 4) is 5.75 Å². The Kier molecular flexibility index (Phi) is 9.16. The van der Waals surface area contributed by atoms with Crippen LogP contribution >= 0.6 is 0 Å². The van der Waals surface area contributed by atoms with E-state index in [-0.39, 0.29) is 19.1 Å². The molecule has 0 aliphatic rings. The highest BCUT2D eigenvalue weighted by atomic mass is 16.6. The maximum atomic E-state index is 13.1. The molecule has 0 aliphatic heterocycles. The highest BCUT2D eigenvalue weighted by molar-refractivity contribution is 6.01. The Labute approximate surface area is 227 Å². The fourth-order valence-electron chi connectivity index (χ4n) is 4.14. The summed E-state index contributed by atoms with van der Waals surface area (Å²) in [5, 5.41) is 16.6. The first kappa shape index (κ1) is 27.2. The number of aliphatic hydroxyl groups excluding tert-OH is 1. The van der Waals surface area contributed by atoms with Crippen molar-refractivity contribution in [1.82, 2.24) is 0 Å². The molecule has 2 amide bonds. The molecule has 0 radical (unpaired) electrons. The zero-order valence-corrected chi connectivity index (χ0v) is 21.5. The van der Waals surface area contributed by atoms with Gasteiger partial charge in [-0.1, -0.05) is 73.7 Å². The zero-order chi connectivity index (χ0) is 27.6. The Morgan fingerprint density at radius 1 is 0.923 bits per heavy atom. The first-order valence-corrected chi connectivity index (χ1v) is 12.6. The van der Waals surface area contributed by atoms with E-state index in [2.05, 4.69) is 10.6 Å². The largest absolute Gasteiger partial charge is 0.491 e. The molecule has 4 rings (SSSR count). The lowest BCUT2D eigenvalue weighted by atomic mass is 9.96. The minimum atomic E-state index is -0.747. The van der Waals surface area contributed by atoms with Crippen molar-refractivity contribution >= 4 is 39.8 Å². The Morgan fingerprint density at radius 2 is 1.64 bits per heavy atom. The molecule has 0 spiro atoms. The quantitative estimate of drug-likeness (QED) is 0.151. The molecular weight excluding hydrogens is 494 g/mol.